The number of carbonyl (C=O) groups is 6. The number of carbonyl (C=O) groups excluding carboxylic acids is 4. The van der Waals surface area contributed by atoms with Gasteiger partial charge < -0.3 is 30.3 Å². The smallest absolute Gasteiger partial charge is 0.313 e. The maximum atomic E-state index is 12.9. The number of aryl methyl sites for hydroxylation is 1. The first kappa shape index (κ1) is 43.8. The zero-order chi connectivity index (χ0) is 39.8. The van der Waals surface area contributed by atoms with E-state index in [1.165, 1.54) is 22.7 Å². The number of amides is 2. The molecule has 0 aliphatic heterocycles. The van der Waals surface area contributed by atoms with Gasteiger partial charge in [-0.05, 0) is 73.0 Å². The van der Waals surface area contributed by atoms with Gasteiger partial charge in [-0.3, -0.25) is 28.8 Å². The number of carboxylic acids is 2. The molecule has 0 spiro atoms. The average Bonchev–Trinajstić information content (AvgIpc) is 3.75. The summed E-state index contributed by atoms with van der Waals surface area (Å²) in [5.41, 5.74) is 1.89. The summed E-state index contributed by atoms with van der Waals surface area (Å²) in [5.74, 6) is -1.69. The number of rotatable bonds is 19. The van der Waals surface area contributed by atoms with Crippen LogP contribution < -0.4 is 20.1 Å². The first-order chi connectivity index (χ1) is 25.8. The highest BCUT2D eigenvalue weighted by Crippen LogP contribution is 2.35. The van der Waals surface area contributed by atoms with Gasteiger partial charge in [0.1, 0.15) is 21.5 Å². The number of methoxy groups -OCH3 is 2. The van der Waals surface area contributed by atoms with E-state index in [4.69, 9.17) is 19.7 Å². The second-order valence-corrected chi connectivity index (χ2v) is 15.9. The Morgan fingerprint density at radius 1 is 0.667 bits per heavy atom. The van der Waals surface area contributed by atoms with Crippen molar-refractivity contribution in [2.24, 2.45) is 0 Å². The van der Waals surface area contributed by atoms with E-state index in [0.717, 1.165) is 46.1 Å². The number of aliphatic carboxylic acids is 2. The molecule has 0 fully saturated rings. The van der Waals surface area contributed by atoms with Crippen molar-refractivity contribution in [3.8, 4) is 11.5 Å². The van der Waals surface area contributed by atoms with Crippen molar-refractivity contribution in [1.29, 1.82) is 0 Å². The quantitative estimate of drug-likeness (QED) is 0.0682. The van der Waals surface area contributed by atoms with Gasteiger partial charge in [0.2, 0.25) is 11.8 Å². The molecule has 4 aromatic rings. The van der Waals surface area contributed by atoms with Gasteiger partial charge in [-0.15, -0.1) is 46.2 Å². The molecule has 0 saturated carbocycles. The van der Waals surface area contributed by atoms with Crippen molar-refractivity contribution in [2.75, 3.05) is 47.9 Å². The highest BCUT2D eigenvalue weighted by atomic mass is 32.2. The van der Waals surface area contributed by atoms with Crippen molar-refractivity contribution in [3.05, 3.63) is 92.7 Å². The van der Waals surface area contributed by atoms with Crippen LogP contribution in [0.25, 0.3) is 0 Å². The molecule has 2 aromatic heterocycles. The first-order valence-electron chi connectivity index (χ1n) is 16.6. The summed E-state index contributed by atoms with van der Waals surface area (Å²) >= 11 is 4.77. The third kappa shape index (κ3) is 13.6. The number of thioether (sulfide) groups is 2. The normalized spacial score (nSPS) is 10.6. The fourth-order valence-electron chi connectivity index (χ4n) is 4.61. The molecule has 0 radical (unpaired) electrons. The number of anilines is 2. The maximum Gasteiger partial charge on any atom is 0.313 e. The van der Waals surface area contributed by atoms with Crippen LogP contribution in [0.4, 0.5) is 10.0 Å². The molecule has 288 valence electrons. The number of carboxylic acid groups (broad SMARTS) is 2. The predicted molar refractivity (Wildman–Crippen MR) is 217 cm³/mol. The van der Waals surface area contributed by atoms with E-state index in [1.807, 2.05) is 32.9 Å². The zero-order valence-corrected chi connectivity index (χ0v) is 33.7. The van der Waals surface area contributed by atoms with E-state index in [9.17, 15) is 28.8 Å². The molecule has 0 saturated heterocycles. The molecule has 12 nitrogen and oxygen atoms in total. The molecular weight excluding hydrogens is 773 g/mol. The molecule has 2 amide bonds. The second kappa shape index (κ2) is 21.9. The Labute approximate surface area is 330 Å². The second-order valence-electron chi connectivity index (χ2n) is 11.7. The van der Waals surface area contributed by atoms with Gasteiger partial charge in [0.05, 0.1) is 48.4 Å². The minimum atomic E-state index is -0.971. The molecule has 16 heteroatoms. The van der Waals surface area contributed by atoms with Crippen molar-refractivity contribution in [1.82, 2.24) is 0 Å². The van der Waals surface area contributed by atoms with E-state index >= 15 is 0 Å². The third-order valence-electron chi connectivity index (χ3n) is 7.22. The summed E-state index contributed by atoms with van der Waals surface area (Å²) < 4.78 is 10.2. The van der Waals surface area contributed by atoms with E-state index in [0.29, 0.717) is 43.8 Å². The maximum absolute atomic E-state index is 12.9. The van der Waals surface area contributed by atoms with Gasteiger partial charge in [-0.25, -0.2) is 0 Å². The molecule has 0 aliphatic carbocycles. The lowest BCUT2D eigenvalue weighted by atomic mass is 10.0. The number of hydrogen-bond donors (Lipinski definition) is 4. The van der Waals surface area contributed by atoms with Gasteiger partial charge in [0.25, 0.3) is 0 Å². The van der Waals surface area contributed by atoms with Crippen LogP contribution in [0, 0.1) is 0 Å². The Hall–Kier alpha value is -4.64. The Bertz CT molecular complexity index is 1920. The number of ketones is 2. The molecule has 0 bridgehead atoms. The third-order valence-corrected chi connectivity index (χ3v) is 11.5. The Morgan fingerprint density at radius 2 is 1.09 bits per heavy atom. The topological polar surface area (TPSA) is 185 Å². The first-order valence-corrected chi connectivity index (χ1v) is 20.5. The van der Waals surface area contributed by atoms with E-state index in [2.05, 4.69) is 10.6 Å². The van der Waals surface area contributed by atoms with Gasteiger partial charge in [0, 0.05) is 20.9 Å². The van der Waals surface area contributed by atoms with E-state index in [-0.39, 0.29) is 52.3 Å². The van der Waals surface area contributed by atoms with Gasteiger partial charge in [-0.2, -0.15) is 0 Å². The van der Waals surface area contributed by atoms with Crippen LogP contribution in [0.3, 0.4) is 0 Å². The SMILES string of the molecule is CCCc1cc(C(=O)c2ccc(OC)cc2)c(NC(=O)CSCC(=O)O)s1.COc1ccc(C(=O)c2cc(C(C)C)sc2NC(=O)CSCC(=O)O)cc1. The lowest BCUT2D eigenvalue weighted by molar-refractivity contribution is -0.134. The number of thiophene rings is 2. The minimum absolute atomic E-state index is 0.0113. The van der Waals surface area contributed by atoms with Crippen LogP contribution in [-0.2, 0) is 25.6 Å². The summed E-state index contributed by atoms with van der Waals surface area (Å²) in [6.45, 7) is 6.08. The largest absolute Gasteiger partial charge is 0.497 e. The molecule has 4 N–H and O–H groups in total. The molecule has 4 rings (SSSR count). The number of ether oxygens (including phenoxy) is 2. The highest BCUT2D eigenvalue weighted by Gasteiger charge is 2.22. The van der Waals surface area contributed by atoms with E-state index < -0.39 is 11.9 Å². The molecule has 0 unspecified atom stereocenters. The van der Waals surface area contributed by atoms with Crippen molar-refractivity contribution in [2.45, 2.75) is 39.5 Å². The summed E-state index contributed by atoms with van der Waals surface area (Å²) in [4.78, 5) is 73.2. The van der Waals surface area contributed by atoms with Crippen molar-refractivity contribution in [3.63, 3.8) is 0 Å². The standard InChI is InChI=1S/2C19H21NO5S2/c1-11(2)15-8-14(18(24)12-4-6-13(25-3)7-5-12)19(27-15)20-16(21)9-26-10-17(22)23;1-3-4-14-9-15(18(24)12-5-7-13(25-2)8-6-12)19(27-14)20-16(21)10-26-11-17(22)23/h4-8,11H,9-10H2,1-3H3,(H,20,21)(H,22,23);5-9H,3-4,10-11H2,1-2H3,(H,20,21)(H,22,23). The minimum Gasteiger partial charge on any atom is -0.497 e. The zero-order valence-electron chi connectivity index (χ0n) is 30.4. The lowest BCUT2D eigenvalue weighted by Gasteiger charge is -2.06. The molecule has 2 aromatic carbocycles. The number of nitrogens with one attached hydrogen (secondary N) is 2. The summed E-state index contributed by atoms with van der Waals surface area (Å²) in [7, 11) is 3.11. The molecule has 0 aliphatic rings. The van der Waals surface area contributed by atoms with Crippen LogP contribution in [-0.4, -0.2) is 82.8 Å². The molecule has 0 atom stereocenters. The van der Waals surface area contributed by atoms with Crippen LogP contribution in [0.5, 0.6) is 11.5 Å². The monoisotopic (exact) mass is 814 g/mol. The fraction of sp³-hybridized carbons (Fsp3) is 0.316. The van der Waals surface area contributed by atoms with Gasteiger partial charge in [0.15, 0.2) is 11.6 Å². The van der Waals surface area contributed by atoms with Gasteiger partial charge in [-0.1, -0.05) is 27.2 Å². The summed E-state index contributed by atoms with van der Waals surface area (Å²) in [6, 6.07) is 17.2. The highest BCUT2D eigenvalue weighted by molar-refractivity contribution is 8.00. The Kier molecular flexibility index (Phi) is 17.8. The van der Waals surface area contributed by atoms with Crippen molar-refractivity contribution < 1.29 is 48.5 Å². The van der Waals surface area contributed by atoms with Crippen LogP contribution in [0.2, 0.25) is 0 Å². The van der Waals surface area contributed by atoms with Crippen LogP contribution >= 0.6 is 46.2 Å². The number of hydrogen-bond acceptors (Lipinski definition) is 12. The van der Waals surface area contributed by atoms with Crippen LogP contribution in [0.1, 0.15) is 74.7 Å². The summed E-state index contributed by atoms with van der Waals surface area (Å²) in [5, 5.41) is 23.8. The van der Waals surface area contributed by atoms with Crippen LogP contribution in [0.15, 0.2) is 60.7 Å². The average molecular weight is 815 g/mol. The lowest BCUT2D eigenvalue weighted by Crippen LogP contribution is -2.16. The van der Waals surface area contributed by atoms with Crippen molar-refractivity contribution >= 4 is 91.5 Å². The Morgan fingerprint density at radius 3 is 1.48 bits per heavy atom. The fourth-order valence-corrected chi connectivity index (χ4v) is 7.93. The molecular formula is C38H42N2O10S4. The molecule has 54 heavy (non-hydrogen) atoms. The Balaban J connectivity index is 0.000000290. The van der Waals surface area contributed by atoms with E-state index in [1.54, 1.807) is 62.8 Å². The predicted octanol–water partition coefficient (Wildman–Crippen LogP) is 7.56. The number of benzene rings is 2. The summed E-state index contributed by atoms with van der Waals surface area (Å²) in [6.07, 6.45) is 1.75. The molecule has 2 heterocycles. The van der Waals surface area contributed by atoms with Gasteiger partial charge >= 0.3 is 11.9 Å².